The zero-order valence-corrected chi connectivity index (χ0v) is 9.29. The molecule has 1 aromatic heterocycles. The molecule has 0 amide bonds. The van der Waals surface area contributed by atoms with Crippen LogP contribution in [0.4, 0.5) is 0 Å². The van der Waals surface area contributed by atoms with E-state index >= 15 is 0 Å². The number of hydrogen-bond donors (Lipinski definition) is 2. The highest BCUT2D eigenvalue weighted by Crippen LogP contribution is 2.26. The van der Waals surface area contributed by atoms with Gasteiger partial charge in [-0.15, -0.1) is 0 Å². The Hall–Kier alpha value is -0.740. The maximum atomic E-state index is 8.59. The van der Waals surface area contributed by atoms with Crippen molar-refractivity contribution in [2.24, 2.45) is 0 Å². The van der Waals surface area contributed by atoms with Crippen LogP contribution >= 0.6 is 12.6 Å². The number of nitrogens with zero attached hydrogens (tertiary/aromatic N) is 1. The average molecular weight is 213 g/mol. The van der Waals surface area contributed by atoms with E-state index in [1.807, 2.05) is 26.0 Å². The lowest BCUT2D eigenvalue weighted by molar-refractivity contribution is 0.196. The summed E-state index contributed by atoms with van der Waals surface area (Å²) in [5, 5.41) is 8.59. The van der Waals surface area contributed by atoms with Crippen LogP contribution in [0.25, 0.3) is 0 Å². The summed E-state index contributed by atoms with van der Waals surface area (Å²) in [6.45, 7) is 4.20. The summed E-state index contributed by atoms with van der Waals surface area (Å²) in [5.74, 6) is 0.527. The van der Waals surface area contributed by atoms with Gasteiger partial charge in [-0.2, -0.15) is 12.6 Å². The van der Waals surface area contributed by atoms with Gasteiger partial charge in [0.15, 0.2) is 0 Å². The van der Waals surface area contributed by atoms with Gasteiger partial charge in [-0.05, 0) is 19.9 Å². The third kappa shape index (κ3) is 3.20. The Morgan fingerprint density at radius 3 is 2.79 bits per heavy atom. The molecule has 1 aromatic rings. The van der Waals surface area contributed by atoms with Crippen LogP contribution in [0.2, 0.25) is 0 Å². The van der Waals surface area contributed by atoms with Crippen molar-refractivity contribution < 1.29 is 9.84 Å². The first-order valence-corrected chi connectivity index (χ1v) is 4.92. The van der Waals surface area contributed by atoms with Crippen LogP contribution in [0.1, 0.15) is 19.5 Å². The molecular formula is C10H15NO2S. The molecule has 0 aliphatic carbocycles. The van der Waals surface area contributed by atoms with E-state index in [4.69, 9.17) is 9.84 Å². The summed E-state index contributed by atoms with van der Waals surface area (Å²) in [6.07, 6.45) is 0. The highest BCUT2D eigenvalue weighted by Gasteiger charge is 2.16. The van der Waals surface area contributed by atoms with Crippen molar-refractivity contribution in [3.8, 4) is 5.88 Å². The largest absolute Gasteiger partial charge is 0.475 e. The molecule has 0 bridgehead atoms. The highest BCUT2D eigenvalue weighted by molar-refractivity contribution is 7.81. The Morgan fingerprint density at radius 2 is 2.21 bits per heavy atom. The van der Waals surface area contributed by atoms with Gasteiger partial charge in [0, 0.05) is 10.8 Å². The summed E-state index contributed by atoms with van der Waals surface area (Å²) in [5.41, 5.74) is 0.858. The average Bonchev–Trinajstić information content (AvgIpc) is 2.14. The number of aliphatic hydroxyl groups is 1. The molecule has 0 fully saturated rings. The standard InChI is InChI=1S/C10H15NO2S/c1-10(2,14)8-4-3-5-9(11-8)13-7-6-12/h3-5,12,14H,6-7H2,1-2H3. The van der Waals surface area contributed by atoms with E-state index in [-0.39, 0.29) is 18.0 Å². The van der Waals surface area contributed by atoms with E-state index in [9.17, 15) is 0 Å². The SMILES string of the molecule is CC(C)(S)c1cccc(OCCO)n1. The van der Waals surface area contributed by atoms with Crippen molar-refractivity contribution in [1.29, 1.82) is 0 Å². The fourth-order valence-corrected chi connectivity index (χ4v) is 1.11. The van der Waals surface area contributed by atoms with Gasteiger partial charge >= 0.3 is 0 Å². The fraction of sp³-hybridized carbons (Fsp3) is 0.500. The van der Waals surface area contributed by atoms with Crippen LogP contribution in [-0.4, -0.2) is 23.3 Å². The van der Waals surface area contributed by atoms with Crippen molar-refractivity contribution in [3.63, 3.8) is 0 Å². The Morgan fingerprint density at radius 1 is 1.50 bits per heavy atom. The Labute approximate surface area is 89.5 Å². The molecule has 14 heavy (non-hydrogen) atoms. The highest BCUT2D eigenvalue weighted by atomic mass is 32.1. The van der Waals surface area contributed by atoms with Crippen molar-refractivity contribution in [1.82, 2.24) is 4.98 Å². The van der Waals surface area contributed by atoms with Gasteiger partial charge < -0.3 is 9.84 Å². The molecule has 1 N–H and O–H groups in total. The molecular weight excluding hydrogens is 198 g/mol. The molecule has 78 valence electrons. The molecule has 4 heteroatoms. The van der Waals surface area contributed by atoms with Crippen molar-refractivity contribution in [2.45, 2.75) is 18.6 Å². The zero-order valence-electron chi connectivity index (χ0n) is 8.40. The summed E-state index contributed by atoms with van der Waals surface area (Å²) in [7, 11) is 0. The third-order valence-electron chi connectivity index (χ3n) is 1.69. The first kappa shape index (κ1) is 11.3. The molecule has 0 aliphatic rings. The first-order chi connectivity index (χ1) is 6.54. The quantitative estimate of drug-likeness (QED) is 0.747. The van der Waals surface area contributed by atoms with E-state index in [2.05, 4.69) is 17.6 Å². The van der Waals surface area contributed by atoms with Gasteiger partial charge in [0.2, 0.25) is 5.88 Å². The van der Waals surface area contributed by atoms with Crippen LogP contribution in [-0.2, 0) is 4.75 Å². The minimum absolute atomic E-state index is 0.00379. The van der Waals surface area contributed by atoms with E-state index in [0.717, 1.165) is 5.69 Å². The monoisotopic (exact) mass is 213 g/mol. The van der Waals surface area contributed by atoms with Crippen molar-refractivity contribution >= 4 is 12.6 Å². The van der Waals surface area contributed by atoms with Gasteiger partial charge in [0.1, 0.15) is 6.61 Å². The number of pyridine rings is 1. The molecule has 1 heterocycles. The van der Waals surface area contributed by atoms with Crippen LogP contribution in [0.5, 0.6) is 5.88 Å². The molecule has 0 saturated heterocycles. The summed E-state index contributed by atoms with van der Waals surface area (Å²) in [6, 6.07) is 5.53. The number of rotatable bonds is 4. The minimum Gasteiger partial charge on any atom is -0.475 e. The predicted molar refractivity (Wildman–Crippen MR) is 58.8 cm³/mol. The Bertz CT molecular complexity index is 296. The molecule has 3 nitrogen and oxygen atoms in total. The second-order valence-electron chi connectivity index (χ2n) is 3.49. The lowest BCUT2D eigenvalue weighted by Gasteiger charge is -2.17. The number of thiol groups is 1. The normalized spacial score (nSPS) is 11.4. The molecule has 0 saturated carbocycles. The lowest BCUT2D eigenvalue weighted by Crippen LogP contribution is -2.11. The first-order valence-electron chi connectivity index (χ1n) is 4.47. The fourth-order valence-electron chi connectivity index (χ4n) is 0.986. The smallest absolute Gasteiger partial charge is 0.213 e. The van der Waals surface area contributed by atoms with Gasteiger partial charge in [-0.1, -0.05) is 6.07 Å². The second kappa shape index (κ2) is 4.66. The maximum Gasteiger partial charge on any atom is 0.213 e. The Kier molecular flexibility index (Phi) is 3.77. The molecule has 0 aromatic carbocycles. The maximum absolute atomic E-state index is 8.59. The molecule has 0 aliphatic heterocycles. The molecule has 1 rings (SSSR count). The third-order valence-corrected chi connectivity index (χ3v) is 1.92. The molecule has 0 atom stereocenters. The van der Waals surface area contributed by atoms with E-state index in [0.29, 0.717) is 5.88 Å². The van der Waals surface area contributed by atoms with Gasteiger partial charge in [-0.3, -0.25) is 0 Å². The lowest BCUT2D eigenvalue weighted by atomic mass is 10.1. The molecule has 0 unspecified atom stereocenters. The van der Waals surface area contributed by atoms with E-state index in [1.54, 1.807) is 6.07 Å². The molecule has 0 spiro atoms. The number of hydrogen-bond acceptors (Lipinski definition) is 4. The van der Waals surface area contributed by atoms with Crippen molar-refractivity contribution in [2.75, 3.05) is 13.2 Å². The van der Waals surface area contributed by atoms with Crippen LogP contribution < -0.4 is 4.74 Å². The van der Waals surface area contributed by atoms with Crippen LogP contribution in [0.3, 0.4) is 0 Å². The summed E-state index contributed by atoms with van der Waals surface area (Å²) in [4.78, 5) is 4.27. The zero-order chi connectivity index (χ0) is 10.6. The van der Waals surface area contributed by atoms with Gasteiger partial charge in [-0.25, -0.2) is 4.98 Å². The predicted octanol–water partition coefficient (Wildman–Crippen LogP) is 1.62. The summed E-state index contributed by atoms with van der Waals surface area (Å²) < 4.78 is 4.92. The number of aliphatic hydroxyl groups excluding tert-OH is 1. The van der Waals surface area contributed by atoms with E-state index < -0.39 is 0 Å². The minimum atomic E-state index is -0.279. The number of ether oxygens (including phenoxy) is 1. The molecule has 0 radical (unpaired) electrons. The Balaban J connectivity index is 2.79. The number of aromatic nitrogens is 1. The summed E-state index contributed by atoms with van der Waals surface area (Å²) >= 11 is 4.42. The second-order valence-corrected chi connectivity index (χ2v) is 4.61. The van der Waals surface area contributed by atoms with Gasteiger partial charge in [0.25, 0.3) is 0 Å². The van der Waals surface area contributed by atoms with Crippen molar-refractivity contribution in [3.05, 3.63) is 23.9 Å². The van der Waals surface area contributed by atoms with Gasteiger partial charge in [0.05, 0.1) is 12.3 Å². The van der Waals surface area contributed by atoms with Crippen LogP contribution in [0.15, 0.2) is 18.2 Å². The van der Waals surface area contributed by atoms with E-state index in [1.165, 1.54) is 0 Å². The topological polar surface area (TPSA) is 42.4 Å². The van der Waals surface area contributed by atoms with Crippen LogP contribution in [0, 0.1) is 0 Å².